The van der Waals surface area contributed by atoms with Crippen LogP contribution in [0.5, 0.6) is 0 Å². The van der Waals surface area contributed by atoms with E-state index in [9.17, 15) is 22.4 Å². The SMILES string of the molecule is CS(=O)(=O)N(CC(=O)Nc1ccc(N2CCCC2=O)cc1)c1ccc(F)cc1. The van der Waals surface area contributed by atoms with Gasteiger partial charge < -0.3 is 10.2 Å². The number of carbonyl (C=O) groups is 2. The molecule has 1 heterocycles. The summed E-state index contributed by atoms with van der Waals surface area (Å²) in [7, 11) is -3.74. The summed E-state index contributed by atoms with van der Waals surface area (Å²) in [4.78, 5) is 25.8. The van der Waals surface area contributed by atoms with Crippen molar-refractivity contribution in [1.29, 1.82) is 0 Å². The highest BCUT2D eigenvalue weighted by Crippen LogP contribution is 2.23. The molecule has 2 aromatic rings. The Morgan fingerprint density at radius 2 is 1.79 bits per heavy atom. The quantitative estimate of drug-likeness (QED) is 0.799. The summed E-state index contributed by atoms with van der Waals surface area (Å²) in [6, 6.07) is 11.6. The largest absolute Gasteiger partial charge is 0.325 e. The van der Waals surface area contributed by atoms with E-state index < -0.39 is 28.3 Å². The predicted molar refractivity (Wildman–Crippen MR) is 105 cm³/mol. The Morgan fingerprint density at radius 1 is 1.14 bits per heavy atom. The average molecular weight is 405 g/mol. The molecule has 3 rings (SSSR count). The van der Waals surface area contributed by atoms with Crippen LogP contribution in [0.25, 0.3) is 0 Å². The Kier molecular flexibility index (Phi) is 5.64. The van der Waals surface area contributed by atoms with Crippen LogP contribution in [0, 0.1) is 5.82 Å². The van der Waals surface area contributed by atoms with Crippen molar-refractivity contribution < 1.29 is 22.4 Å². The Morgan fingerprint density at radius 3 is 2.32 bits per heavy atom. The number of hydrogen-bond acceptors (Lipinski definition) is 4. The Balaban J connectivity index is 1.69. The number of amides is 2. The maximum Gasteiger partial charge on any atom is 0.245 e. The highest BCUT2D eigenvalue weighted by molar-refractivity contribution is 7.92. The number of rotatable bonds is 6. The van der Waals surface area contributed by atoms with Gasteiger partial charge in [0.2, 0.25) is 21.8 Å². The van der Waals surface area contributed by atoms with Gasteiger partial charge in [-0.05, 0) is 55.0 Å². The molecule has 0 aliphatic carbocycles. The molecular weight excluding hydrogens is 385 g/mol. The Bertz CT molecular complexity index is 975. The Labute approximate surface area is 162 Å². The van der Waals surface area contributed by atoms with Gasteiger partial charge >= 0.3 is 0 Å². The van der Waals surface area contributed by atoms with Gasteiger partial charge in [0.25, 0.3) is 0 Å². The predicted octanol–water partition coefficient (Wildman–Crippen LogP) is 2.36. The van der Waals surface area contributed by atoms with Crippen LogP contribution < -0.4 is 14.5 Å². The van der Waals surface area contributed by atoms with Gasteiger partial charge in [0.15, 0.2) is 0 Å². The van der Waals surface area contributed by atoms with E-state index in [1.807, 2.05) is 0 Å². The fraction of sp³-hybridized carbons (Fsp3) is 0.263. The minimum Gasteiger partial charge on any atom is -0.325 e. The molecule has 9 heteroatoms. The summed E-state index contributed by atoms with van der Waals surface area (Å²) < 4.78 is 38.1. The van der Waals surface area contributed by atoms with Crippen LogP contribution in [0.3, 0.4) is 0 Å². The zero-order chi connectivity index (χ0) is 20.3. The first-order valence-electron chi connectivity index (χ1n) is 8.67. The molecule has 28 heavy (non-hydrogen) atoms. The van der Waals surface area contributed by atoms with E-state index in [-0.39, 0.29) is 11.6 Å². The van der Waals surface area contributed by atoms with E-state index in [0.717, 1.165) is 34.8 Å². The van der Waals surface area contributed by atoms with Crippen molar-refractivity contribution in [1.82, 2.24) is 0 Å². The smallest absolute Gasteiger partial charge is 0.245 e. The van der Waals surface area contributed by atoms with Gasteiger partial charge in [-0.25, -0.2) is 12.8 Å². The van der Waals surface area contributed by atoms with Gasteiger partial charge in [-0.2, -0.15) is 0 Å². The van der Waals surface area contributed by atoms with Gasteiger partial charge in [0.1, 0.15) is 12.4 Å². The molecule has 0 spiro atoms. The first-order chi connectivity index (χ1) is 13.2. The molecular formula is C19H20FN3O4S. The maximum atomic E-state index is 13.1. The summed E-state index contributed by atoms with van der Waals surface area (Å²) in [6.07, 6.45) is 2.33. The molecule has 0 aromatic heterocycles. The van der Waals surface area contributed by atoms with Gasteiger partial charge in [0, 0.05) is 24.3 Å². The molecule has 1 aliphatic rings. The molecule has 1 N–H and O–H groups in total. The minimum atomic E-state index is -3.74. The van der Waals surface area contributed by atoms with E-state index in [4.69, 9.17) is 0 Å². The van der Waals surface area contributed by atoms with Crippen molar-refractivity contribution in [3.05, 3.63) is 54.3 Å². The van der Waals surface area contributed by atoms with Gasteiger partial charge in [-0.15, -0.1) is 0 Å². The van der Waals surface area contributed by atoms with Crippen molar-refractivity contribution in [2.24, 2.45) is 0 Å². The highest BCUT2D eigenvalue weighted by Gasteiger charge is 2.22. The summed E-state index contributed by atoms with van der Waals surface area (Å²) in [6.45, 7) is 0.225. The number of halogens is 1. The molecule has 2 aromatic carbocycles. The second kappa shape index (κ2) is 7.97. The lowest BCUT2D eigenvalue weighted by Gasteiger charge is -2.22. The molecule has 0 atom stereocenters. The molecule has 0 unspecified atom stereocenters. The second-order valence-electron chi connectivity index (χ2n) is 6.49. The number of carbonyl (C=O) groups excluding carboxylic acids is 2. The first-order valence-corrected chi connectivity index (χ1v) is 10.5. The molecule has 0 bridgehead atoms. The zero-order valence-electron chi connectivity index (χ0n) is 15.3. The van der Waals surface area contributed by atoms with Crippen LogP contribution >= 0.6 is 0 Å². The summed E-state index contributed by atoms with van der Waals surface area (Å²) in [5.41, 5.74) is 1.43. The number of benzene rings is 2. The molecule has 0 saturated carbocycles. The van der Waals surface area contributed by atoms with E-state index in [1.54, 1.807) is 29.2 Å². The fourth-order valence-corrected chi connectivity index (χ4v) is 3.84. The maximum absolute atomic E-state index is 13.1. The third-order valence-electron chi connectivity index (χ3n) is 4.34. The lowest BCUT2D eigenvalue weighted by molar-refractivity contribution is -0.117. The molecule has 0 radical (unpaired) electrons. The van der Waals surface area contributed by atoms with Crippen LogP contribution in [0.2, 0.25) is 0 Å². The summed E-state index contributed by atoms with van der Waals surface area (Å²) in [5.74, 6) is -0.974. The number of hydrogen-bond donors (Lipinski definition) is 1. The van der Waals surface area contributed by atoms with Crippen molar-refractivity contribution in [3.8, 4) is 0 Å². The molecule has 1 aliphatic heterocycles. The monoisotopic (exact) mass is 405 g/mol. The molecule has 1 fully saturated rings. The van der Waals surface area contributed by atoms with Gasteiger partial charge in [-0.1, -0.05) is 0 Å². The second-order valence-corrected chi connectivity index (χ2v) is 8.40. The standard InChI is InChI=1S/C19H20FN3O4S/c1-28(26,27)23(17-8-4-14(20)5-9-17)13-18(24)21-15-6-10-16(11-7-15)22-12-2-3-19(22)25/h4-11H,2-3,12-13H2,1H3,(H,21,24). The third kappa shape index (κ3) is 4.66. The Hall–Kier alpha value is -2.94. The van der Waals surface area contributed by atoms with E-state index in [1.165, 1.54) is 12.1 Å². The van der Waals surface area contributed by atoms with Crippen LogP contribution in [0.4, 0.5) is 21.5 Å². The van der Waals surface area contributed by atoms with E-state index >= 15 is 0 Å². The summed E-state index contributed by atoms with van der Waals surface area (Å²) in [5, 5.41) is 2.63. The fourth-order valence-electron chi connectivity index (χ4n) is 2.98. The van der Waals surface area contributed by atoms with E-state index in [2.05, 4.69) is 5.32 Å². The van der Waals surface area contributed by atoms with Crippen molar-refractivity contribution in [3.63, 3.8) is 0 Å². The normalized spacial score (nSPS) is 14.2. The molecule has 7 nitrogen and oxygen atoms in total. The molecule has 2 amide bonds. The van der Waals surface area contributed by atoms with Crippen LogP contribution in [-0.2, 0) is 19.6 Å². The third-order valence-corrected chi connectivity index (χ3v) is 5.48. The number of nitrogens with zero attached hydrogens (tertiary/aromatic N) is 2. The molecule has 1 saturated heterocycles. The average Bonchev–Trinajstić information content (AvgIpc) is 3.06. The van der Waals surface area contributed by atoms with Crippen LogP contribution in [0.15, 0.2) is 48.5 Å². The number of nitrogens with one attached hydrogen (secondary N) is 1. The molecule has 148 valence electrons. The topological polar surface area (TPSA) is 86.8 Å². The lowest BCUT2D eigenvalue weighted by atomic mass is 10.2. The van der Waals surface area contributed by atoms with Crippen molar-refractivity contribution in [2.75, 3.05) is 33.9 Å². The zero-order valence-corrected chi connectivity index (χ0v) is 16.1. The van der Waals surface area contributed by atoms with Crippen LogP contribution in [0.1, 0.15) is 12.8 Å². The lowest BCUT2D eigenvalue weighted by Crippen LogP contribution is -2.37. The van der Waals surface area contributed by atoms with Gasteiger partial charge in [0.05, 0.1) is 11.9 Å². The van der Waals surface area contributed by atoms with Crippen LogP contribution in [-0.4, -0.2) is 39.6 Å². The highest BCUT2D eigenvalue weighted by atomic mass is 32.2. The van der Waals surface area contributed by atoms with E-state index in [0.29, 0.717) is 18.7 Å². The summed E-state index contributed by atoms with van der Waals surface area (Å²) >= 11 is 0. The minimum absolute atomic E-state index is 0.0693. The number of anilines is 3. The van der Waals surface area contributed by atoms with Gasteiger partial charge in [-0.3, -0.25) is 13.9 Å². The van der Waals surface area contributed by atoms with Crippen molar-refractivity contribution >= 4 is 38.9 Å². The number of sulfonamides is 1. The first kappa shape index (κ1) is 19.8. The van der Waals surface area contributed by atoms with Crippen molar-refractivity contribution in [2.45, 2.75) is 12.8 Å².